The molecule has 1 fully saturated rings. The fourth-order valence-electron chi connectivity index (χ4n) is 2.73. The van der Waals surface area contributed by atoms with E-state index in [4.69, 9.17) is 4.74 Å². The van der Waals surface area contributed by atoms with Crippen molar-refractivity contribution in [2.24, 2.45) is 5.92 Å². The fraction of sp³-hybridized carbons (Fsp3) is 0.471. The van der Waals surface area contributed by atoms with Crippen LogP contribution in [0, 0.1) is 5.92 Å². The first-order valence-corrected chi connectivity index (χ1v) is 8.78. The van der Waals surface area contributed by atoms with E-state index in [-0.39, 0.29) is 6.04 Å². The van der Waals surface area contributed by atoms with Crippen molar-refractivity contribution in [3.05, 3.63) is 34.3 Å². The second-order valence-electron chi connectivity index (χ2n) is 5.98. The van der Waals surface area contributed by atoms with Crippen molar-refractivity contribution in [3.8, 4) is 0 Å². The van der Waals surface area contributed by atoms with Crippen molar-refractivity contribution in [3.63, 3.8) is 0 Å². The summed E-state index contributed by atoms with van der Waals surface area (Å²) in [6.45, 7) is 1.59. The maximum Gasteiger partial charge on any atom is 0.338 e. The number of benzene rings is 1. The van der Waals surface area contributed by atoms with Crippen LogP contribution in [0.15, 0.2) is 28.7 Å². The molecule has 1 aromatic carbocycles. The third-order valence-corrected chi connectivity index (χ3v) is 4.57. The number of amides is 3. The molecule has 2 atom stereocenters. The number of carbonyl (C=O) groups excluding carboxylic acids is 3. The zero-order valence-corrected chi connectivity index (χ0v) is 15.1. The monoisotopic (exact) mass is 396 g/mol. The van der Waals surface area contributed by atoms with Crippen LogP contribution < -0.4 is 10.6 Å². The van der Waals surface area contributed by atoms with E-state index < -0.39 is 24.5 Å². The minimum absolute atomic E-state index is 0.0794. The lowest BCUT2D eigenvalue weighted by Gasteiger charge is -2.29. The SMILES string of the molecule is CC1CCCCC1NC(=O)NC(=O)COC(=O)c1cccc(Br)c1. The topological polar surface area (TPSA) is 84.5 Å². The lowest BCUT2D eigenvalue weighted by molar-refractivity contribution is -0.123. The molecule has 0 bridgehead atoms. The van der Waals surface area contributed by atoms with Crippen molar-refractivity contribution in [1.29, 1.82) is 0 Å². The highest BCUT2D eigenvalue weighted by Gasteiger charge is 2.23. The van der Waals surface area contributed by atoms with E-state index in [0.29, 0.717) is 11.5 Å². The standard InChI is InChI=1S/C17H21BrN2O4/c1-11-5-2-3-8-14(11)19-17(23)20-15(21)10-24-16(22)12-6-4-7-13(18)9-12/h4,6-7,9,11,14H,2-3,5,8,10H2,1H3,(H2,19,20,21,23). The van der Waals surface area contributed by atoms with E-state index in [1.807, 2.05) is 0 Å². The molecule has 0 saturated heterocycles. The van der Waals surface area contributed by atoms with Gasteiger partial charge in [0.2, 0.25) is 0 Å². The molecule has 0 heterocycles. The number of nitrogens with one attached hydrogen (secondary N) is 2. The third-order valence-electron chi connectivity index (χ3n) is 4.08. The van der Waals surface area contributed by atoms with Crippen LogP contribution in [0.4, 0.5) is 4.79 Å². The summed E-state index contributed by atoms with van der Waals surface area (Å²) in [5.41, 5.74) is 0.331. The normalized spacial score (nSPS) is 20.1. The molecule has 2 N–H and O–H groups in total. The van der Waals surface area contributed by atoms with Crippen LogP contribution in [0.5, 0.6) is 0 Å². The molecule has 0 spiro atoms. The molecule has 6 nitrogen and oxygen atoms in total. The third kappa shape index (κ3) is 5.63. The Bertz CT molecular complexity index is 620. The molecule has 1 aliphatic rings. The molecule has 1 aromatic rings. The Balaban J connectivity index is 1.74. The molecule has 0 aromatic heterocycles. The van der Waals surface area contributed by atoms with Gasteiger partial charge in [0.05, 0.1) is 5.56 Å². The Morgan fingerprint density at radius 1 is 1.25 bits per heavy atom. The van der Waals surface area contributed by atoms with Gasteiger partial charge in [0.25, 0.3) is 5.91 Å². The Morgan fingerprint density at radius 3 is 2.71 bits per heavy atom. The maximum atomic E-state index is 11.8. The quantitative estimate of drug-likeness (QED) is 0.765. The molecule has 130 valence electrons. The second-order valence-corrected chi connectivity index (χ2v) is 6.89. The van der Waals surface area contributed by atoms with Crippen LogP contribution in [0.2, 0.25) is 0 Å². The Morgan fingerprint density at radius 2 is 2.00 bits per heavy atom. The molecular formula is C17H21BrN2O4. The van der Waals surface area contributed by atoms with Gasteiger partial charge in [0, 0.05) is 10.5 Å². The van der Waals surface area contributed by atoms with Crippen molar-refractivity contribution in [2.75, 3.05) is 6.61 Å². The maximum absolute atomic E-state index is 11.8. The highest BCUT2D eigenvalue weighted by Crippen LogP contribution is 2.23. The second kappa shape index (κ2) is 8.82. The Kier molecular flexibility index (Phi) is 6.78. The summed E-state index contributed by atoms with van der Waals surface area (Å²) in [6.07, 6.45) is 4.24. The van der Waals surface area contributed by atoms with Crippen LogP contribution in [0.1, 0.15) is 43.0 Å². The number of ether oxygens (including phenoxy) is 1. The van der Waals surface area contributed by atoms with Crippen LogP contribution in [-0.4, -0.2) is 30.6 Å². The number of rotatable bonds is 4. The number of hydrogen-bond donors (Lipinski definition) is 2. The van der Waals surface area contributed by atoms with E-state index in [1.54, 1.807) is 24.3 Å². The van der Waals surface area contributed by atoms with Crippen molar-refractivity contribution < 1.29 is 19.1 Å². The number of imide groups is 1. The highest BCUT2D eigenvalue weighted by atomic mass is 79.9. The summed E-state index contributed by atoms with van der Waals surface area (Å²) >= 11 is 3.26. The summed E-state index contributed by atoms with van der Waals surface area (Å²) in [7, 11) is 0. The molecule has 24 heavy (non-hydrogen) atoms. The van der Waals surface area contributed by atoms with Crippen LogP contribution in [0.25, 0.3) is 0 Å². The smallest absolute Gasteiger partial charge is 0.338 e. The first kappa shape index (κ1) is 18.4. The fourth-order valence-corrected chi connectivity index (χ4v) is 3.13. The van der Waals surface area contributed by atoms with Gasteiger partial charge in [-0.1, -0.05) is 41.8 Å². The van der Waals surface area contributed by atoms with Gasteiger partial charge in [0.1, 0.15) is 0 Å². The van der Waals surface area contributed by atoms with E-state index in [0.717, 1.165) is 23.7 Å². The van der Waals surface area contributed by atoms with Gasteiger partial charge in [-0.2, -0.15) is 0 Å². The molecule has 1 saturated carbocycles. The first-order chi connectivity index (χ1) is 11.5. The van der Waals surface area contributed by atoms with Gasteiger partial charge >= 0.3 is 12.0 Å². The summed E-state index contributed by atoms with van der Waals surface area (Å²) in [5, 5.41) is 5.00. The van der Waals surface area contributed by atoms with Gasteiger partial charge in [-0.05, 0) is 37.0 Å². The van der Waals surface area contributed by atoms with Gasteiger partial charge < -0.3 is 10.1 Å². The van der Waals surface area contributed by atoms with E-state index in [9.17, 15) is 14.4 Å². The van der Waals surface area contributed by atoms with Gasteiger partial charge in [-0.25, -0.2) is 9.59 Å². The molecule has 2 unspecified atom stereocenters. The van der Waals surface area contributed by atoms with Gasteiger partial charge in [0.15, 0.2) is 6.61 Å². The largest absolute Gasteiger partial charge is 0.452 e. The van der Waals surface area contributed by atoms with E-state index in [2.05, 4.69) is 33.5 Å². The molecule has 0 aliphatic heterocycles. The lowest BCUT2D eigenvalue weighted by Crippen LogP contribution is -2.48. The summed E-state index contributed by atoms with van der Waals surface area (Å²) in [6, 6.07) is 6.19. The predicted octanol–water partition coefficient (Wildman–Crippen LogP) is 3.01. The van der Waals surface area contributed by atoms with Gasteiger partial charge in [-0.3, -0.25) is 10.1 Å². The molecule has 1 aliphatic carbocycles. The number of urea groups is 1. The minimum atomic E-state index is -0.653. The zero-order valence-electron chi connectivity index (χ0n) is 13.5. The molecule has 0 radical (unpaired) electrons. The van der Waals surface area contributed by atoms with E-state index in [1.165, 1.54) is 6.42 Å². The number of esters is 1. The lowest BCUT2D eigenvalue weighted by atomic mass is 9.86. The minimum Gasteiger partial charge on any atom is -0.452 e. The number of carbonyl (C=O) groups is 3. The predicted molar refractivity (Wildman–Crippen MR) is 92.5 cm³/mol. The van der Waals surface area contributed by atoms with Crippen molar-refractivity contribution in [2.45, 2.75) is 38.6 Å². The van der Waals surface area contributed by atoms with Crippen molar-refractivity contribution in [1.82, 2.24) is 10.6 Å². The average molecular weight is 397 g/mol. The molecule has 7 heteroatoms. The van der Waals surface area contributed by atoms with E-state index >= 15 is 0 Å². The summed E-state index contributed by atoms with van der Waals surface area (Å²) in [4.78, 5) is 35.4. The zero-order chi connectivity index (χ0) is 17.5. The van der Waals surface area contributed by atoms with Crippen LogP contribution >= 0.6 is 15.9 Å². The summed E-state index contributed by atoms with van der Waals surface area (Å²) in [5.74, 6) is -0.874. The molecular weight excluding hydrogens is 376 g/mol. The first-order valence-electron chi connectivity index (χ1n) is 7.98. The number of halogens is 1. The molecule has 2 rings (SSSR count). The van der Waals surface area contributed by atoms with Crippen LogP contribution in [-0.2, 0) is 9.53 Å². The average Bonchev–Trinajstić information content (AvgIpc) is 2.54. The summed E-state index contributed by atoms with van der Waals surface area (Å²) < 4.78 is 5.64. The van der Waals surface area contributed by atoms with Gasteiger partial charge in [-0.15, -0.1) is 0 Å². The molecule has 3 amide bonds. The highest BCUT2D eigenvalue weighted by molar-refractivity contribution is 9.10. The number of hydrogen-bond acceptors (Lipinski definition) is 4. The van der Waals surface area contributed by atoms with Crippen molar-refractivity contribution >= 4 is 33.8 Å². The Labute approximate surface area is 149 Å². The Hall–Kier alpha value is -1.89. The van der Waals surface area contributed by atoms with Crippen LogP contribution in [0.3, 0.4) is 0 Å².